The summed E-state index contributed by atoms with van der Waals surface area (Å²) in [4.78, 5) is 4.20. The third kappa shape index (κ3) is 4.17. The number of benzene rings is 1. The minimum Gasteiger partial charge on any atom is -0.339 e. The fourth-order valence-electron chi connectivity index (χ4n) is 2.33. The fourth-order valence-corrected chi connectivity index (χ4v) is 2.33. The van der Waals surface area contributed by atoms with Crippen molar-refractivity contribution in [3.8, 4) is 0 Å². The molecule has 0 bridgehead atoms. The molecule has 108 valence electrons. The number of nitrogens with one attached hydrogen (secondary N) is 1. The Balaban J connectivity index is 1.81. The molecule has 2 rings (SSSR count). The van der Waals surface area contributed by atoms with Crippen molar-refractivity contribution in [3.63, 3.8) is 0 Å². The van der Waals surface area contributed by atoms with Crippen LogP contribution in [0.1, 0.15) is 37.0 Å². The summed E-state index contributed by atoms with van der Waals surface area (Å²) in [6, 6.07) is 10.7. The first-order chi connectivity index (χ1) is 9.66. The van der Waals surface area contributed by atoms with Gasteiger partial charge in [-0.15, -0.1) is 0 Å². The van der Waals surface area contributed by atoms with E-state index in [-0.39, 0.29) is 0 Å². The van der Waals surface area contributed by atoms with Gasteiger partial charge in [0, 0.05) is 19.5 Å². The summed E-state index contributed by atoms with van der Waals surface area (Å²) in [5.74, 6) is 2.54. The third-order valence-electron chi connectivity index (χ3n) is 3.48. The maximum atomic E-state index is 5.10. The van der Waals surface area contributed by atoms with Crippen molar-refractivity contribution >= 4 is 0 Å². The lowest BCUT2D eigenvalue weighted by Crippen LogP contribution is -2.26. The van der Waals surface area contributed by atoms with Gasteiger partial charge in [-0.25, -0.2) is 0 Å². The van der Waals surface area contributed by atoms with Crippen LogP contribution in [0.15, 0.2) is 34.9 Å². The van der Waals surface area contributed by atoms with Crippen LogP contribution in [0.2, 0.25) is 0 Å². The lowest BCUT2D eigenvalue weighted by Gasteiger charge is -2.21. The molecule has 1 atom stereocenters. The Morgan fingerprint density at radius 1 is 1.20 bits per heavy atom. The van der Waals surface area contributed by atoms with E-state index >= 15 is 0 Å². The van der Waals surface area contributed by atoms with Gasteiger partial charge < -0.3 is 9.84 Å². The highest BCUT2D eigenvalue weighted by atomic mass is 16.5. The smallest absolute Gasteiger partial charge is 0.227 e. The average Bonchev–Trinajstić information content (AvgIpc) is 2.85. The maximum absolute atomic E-state index is 5.10. The van der Waals surface area contributed by atoms with Gasteiger partial charge >= 0.3 is 0 Å². The van der Waals surface area contributed by atoms with E-state index in [0.29, 0.717) is 23.6 Å². The quantitative estimate of drug-likeness (QED) is 0.788. The van der Waals surface area contributed by atoms with Crippen molar-refractivity contribution in [1.82, 2.24) is 15.5 Å². The van der Waals surface area contributed by atoms with E-state index in [1.165, 1.54) is 5.56 Å². The van der Waals surface area contributed by atoms with Gasteiger partial charge in [-0.3, -0.25) is 0 Å². The van der Waals surface area contributed by atoms with Crippen LogP contribution < -0.4 is 5.32 Å². The molecule has 1 heterocycles. The van der Waals surface area contributed by atoms with Crippen LogP contribution in [0.3, 0.4) is 0 Å². The van der Waals surface area contributed by atoms with Gasteiger partial charge in [0.15, 0.2) is 5.82 Å². The van der Waals surface area contributed by atoms with E-state index in [0.717, 1.165) is 19.5 Å². The standard InChI is InChI=1S/C16H23N3O/c1-12(2)15(14-7-5-4-6-8-14)11-17-10-9-16-18-13(3)19-20-16/h4-8,12,15,17H,9-11H2,1-3H3. The van der Waals surface area contributed by atoms with Gasteiger partial charge in [-0.05, 0) is 24.3 Å². The molecule has 0 radical (unpaired) electrons. The molecule has 0 saturated heterocycles. The first-order valence-electron chi connectivity index (χ1n) is 7.21. The SMILES string of the molecule is Cc1noc(CCNCC(c2ccccc2)C(C)C)n1. The van der Waals surface area contributed by atoms with Crippen LogP contribution >= 0.6 is 0 Å². The highest BCUT2D eigenvalue weighted by Crippen LogP contribution is 2.23. The summed E-state index contributed by atoms with van der Waals surface area (Å²) in [5, 5.41) is 7.29. The first kappa shape index (κ1) is 14.7. The molecule has 0 aliphatic heterocycles. The zero-order chi connectivity index (χ0) is 14.4. The first-order valence-corrected chi connectivity index (χ1v) is 7.21. The number of hydrogen-bond donors (Lipinski definition) is 1. The monoisotopic (exact) mass is 273 g/mol. The van der Waals surface area contributed by atoms with Gasteiger partial charge in [0.25, 0.3) is 0 Å². The van der Waals surface area contributed by atoms with Gasteiger partial charge in [0.1, 0.15) is 0 Å². The van der Waals surface area contributed by atoms with E-state index in [2.05, 4.69) is 59.6 Å². The van der Waals surface area contributed by atoms with E-state index in [1.54, 1.807) is 0 Å². The number of nitrogens with zero attached hydrogens (tertiary/aromatic N) is 2. The van der Waals surface area contributed by atoms with Crippen LogP contribution in [0, 0.1) is 12.8 Å². The van der Waals surface area contributed by atoms with Crippen molar-refractivity contribution in [2.75, 3.05) is 13.1 Å². The predicted octanol–water partition coefficient (Wildman–Crippen LogP) is 2.95. The molecule has 1 aromatic carbocycles. The van der Waals surface area contributed by atoms with Gasteiger partial charge in [0.2, 0.25) is 5.89 Å². The van der Waals surface area contributed by atoms with E-state index in [9.17, 15) is 0 Å². The molecule has 20 heavy (non-hydrogen) atoms. The normalized spacial score (nSPS) is 12.8. The van der Waals surface area contributed by atoms with Gasteiger partial charge in [-0.2, -0.15) is 4.98 Å². The molecule has 0 aliphatic rings. The van der Waals surface area contributed by atoms with Crippen molar-refractivity contribution in [2.24, 2.45) is 5.92 Å². The van der Waals surface area contributed by atoms with Crippen LogP contribution in [-0.2, 0) is 6.42 Å². The molecular formula is C16H23N3O. The summed E-state index contributed by atoms with van der Waals surface area (Å²) in [6.45, 7) is 8.19. The highest BCUT2D eigenvalue weighted by molar-refractivity contribution is 5.20. The minimum absolute atomic E-state index is 0.528. The summed E-state index contributed by atoms with van der Waals surface area (Å²) in [6.07, 6.45) is 0.778. The Labute approximate surface area is 120 Å². The fraction of sp³-hybridized carbons (Fsp3) is 0.500. The van der Waals surface area contributed by atoms with E-state index in [1.807, 2.05) is 6.92 Å². The maximum Gasteiger partial charge on any atom is 0.227 e. The van der Waals surface area contributed by atoms with Crippen LogP contribution in [0.25, 0.3) is 0 Å². The number of aryl methyl sites for hydroxylation is 1. The molecule has 4 nitrogen and oxygen atoms in total. The van der Waals surface area contributed by atoms with Crippen LogP contribution in [-0.4, -0.2) is 23.2 Å². The zero-order valence-corrected chi connectivity index (χ0v) is 12.5. The average molecular weight is 273 g/mol. The second-order valence-electron chi connectivity index (χ2n) is 5.45. The number of rotatable bonds is 7. The third-order valence-corrected chi connectivity index (χ3v) is 3.48. The Bertz CT molecular complexity index is 507. The molecule has 0 amide bonds. The minimum atomic E-state index is 0.528. The molecule has 4 heteroatoms. The molecule has 1 N–H and O–H groups in total. The van der Waals surface area contributed by atoms with Gasteiger partial charge in [-0.1, -0.05) is 49.3 Å². The van der Waals surface area contributed by atoms with E-state index in [4.69, 9.17) is 4.52 Å². The van der Waals surface area contributed by atoms with Crippen molar-refractivity contribution in [2.45, 2.75) is 33.1 Å². The predicted molar refractivity (Wildman–Crippen MR) is 79.6 cm³/mol. The lowest BCUT2D eigenvalue weighted by atomic mass is 9.88. The molecule has 1 unspecified atom stereocenters. The zero-order valence-electron chi connectivity index (χ0n) is 12.5. The summed E-state index contributed by atoms with van der Waals surface area (Å²) >= 11 is 0. The van der Waals surface area contributed by atoms with E-state index < -0.39 is 0 Å². The second-order valence-corrected chi connectivity index (χ2v) is 5.45. The lowest BCUT2D eigenvalue weighted by molar-refractivity contribution is 0.369. The van der Waals surface area contributed by atoms with Crippen molar-refractivity contribution < 1.29 is 4.52 Å². The summed E-state index contributed by atoms with van der Waals surface area (Å²) in [7, 11) is 0. The van der Waals surface area contributed by atoms with Crippen molar-refractivity contribution in [3.05, 3.63) is 47.6 Å². The van der Waals surface area contributed by atoms with Crippen molar-refractivity contribution in [1.29, 1.82) is 0 Å². The summed E-state index contributed by atoms with van der Waals surface area (Å²) < 4.78 is 5.10. The van der Waals surface area contributed by atoms with Crippen LogP contribution in [0.4, 0.5) is 0 Å². The van der Waals surface area contributed by atoms with Gasteiger partial charge in [0.05, 0.1) is 0 Å². The Hall–Kier alpha value is -1.68. The number of aromatic nitrogens is 2. The topological polar surface area (TPSA) is 51.0 Å². The molecule has 2 aromatic rings. The molecule has 0 spiro atoms. The Morgan fingerprint density at radius 2 is 1.95 bits per heavy atom. The molecule has 0 fully saturated rings. The summed E-state index contributed by atoms with van der Waals surface area (Å²) in [5.41, 5.74) is 1.39. The Kier molecular flexibility index (Phi) is 5.30. The second kappa shape index (κ2) is 7.20. The number of hydrogen-bond acceptors (Lipinski definition) is 4. The molecular weight excluding hydrogens is 250 g/mol. The molecule has 0 aliphatic carbocycles. The largest absolute Gasteiger partial charge is 0.339 e. The molecule has 1 aromatic heterocycles. The van der Waals surface area contributed by atoms with Crippen LogP contribution in [0.5, 0.6) is 0 Å². The highest BCUT2D eigenvalue weighted by Gasteiger charge is 2.15. The molecule has 0 saturated carbocycles. The Morgan fingerprint density at radius 3 is 2.55 bits per heavy atom.